The number of unbranched alkanes of at least 4 members (excludes halogenated alkanes) is 2. The fraction of sp³-hybridized carbons (Fsp3) is 0.400. The molecule has 0 saturated carbocycles. The Morgan fingerprint density at radius 2 is 1.55 bits per heavy atom. The van der Waals surface area contributed by atoms with E-state index in [9.17, 15) is 0 Å². The molecule has 0 radical (unpaired) electrons. The van der Waals surface area contributed by atoms with Gasteiger partial charge in [0, 0.05) is 0 Å². The lowest BCUT2D eigenvalue weighted by Crippen LogP contribution is -2.11. The zero-order chi connectivity index (χ0) is 15.6. The minimum Gasteiger partial charge on any atom is -0.491 e. The SMILES string of the molecule is CCCCCC(C)Oc1ccc(OCc2ccccc2)cc1. The van der Waals surface area contributed by atoms with Crippen molar-refractivity contribution >= 4 is 0 Å². The molecular weight excluding hydrogens is 272 g/mol. The Labute approximate surface area is 134 Å². The van der Waals surface area contributed by atoms with Crippen molar-refractivity contribution in [3.05, 3.63) is 60.2 Å². The van der Waals surface area contributed by atoms with Crippen molar-refractivity contribution in [3.8, 4) is 11.5 Å². The van der Waals surface area contributed by atoms with E-state index in [1.807, 2.05) is 42.5 Å². The predicted molar refractivity (Wildman–Crippen MR) is 91.4 cm³/mol. The molecule has 0 aromatic heterocycles. The molecule has 2 aromatic rings. The number of benzene rings is 2. The van der Waals surface area contributed by atoms with Gasteiger partial charge in [-0.05, 0) is 49.6 Å². The summed E-state index contributed by atoms with van der Waals surface area (Å²) in [6.07, 6.45) is 5.14. The fourth-order valence-electron chi connectivity index (χ4n) is 2.33. The van der Waals surface area contributed by atoms with Crippen LogP contribution in [0.1, 0.15) is 45.1 Å². The maximum absolute atomic E-state index is 5.92. The minimum absolute atomic E-state index is 0.266. The standard InChI is InChI=1S/C20H26O2/c1-3-4-6-9-17(2)22-20-14-12-19(13-15-20)21-16-18-10-7-5-8-11-18/h5,7-8,10-15,17H,3-4,6,9,16H2,1-2H3. The van der Waals surface area contributed by atoms with E-state index < -0.39 is 0 Å². The molecule has 1 atom stereocenters. The average molecular weight is 298 g/mol. The Kier molecular flexibility index (Phi) is 6.82. The van der Waals surface area contributed by atoms with E-state index >= 15 is 0 Å². The van der Waals surface area contributed by atoms with Crippen LogP contribution >= 0.6 is 0 Å². The van der Waals surface area contributed by atoms with Crippen LogP contribution in [-0.2, 0) is 6.61 Å². The first-order chi connectivity index (χ1) is 10.8. The molecule has 1 unspecified atom stereocenters. The molecule has 0 aliphatic carbocycles. The van der Waals surface area contributed by atoms with Gasteiger partial charge < -0.3 is 9.47 Å². The van der Waals surface area contributed by atoms with Crippen molar-refractivity contribution in [1.29, 1.82) is 0 Å². The lowest BCUT2D eigenvalue weighted by Gasteiger charge is -2.15. The monoisotopic (exact) mass is 298 g/mol. The second-order valence-corrected chi connectivity index (χ2v) is 5.67. The summed E-state index contributed by atoms with van der Waals surface area (Å²) in [7, 11) is 0. The molecule has 0 spiro atoms. The molecule has 0 amide bonds. The Hall–Kier alpha value is -1.96. The van der Waals surface area contributed by atoms with Crippen molar-refractivity contribution in [2.75, 3.05) is 0 Å². The summed E-state index contributed by atoms with van der Waals surface area (Å²) in [6, 6.07) is 18.1. The highest BCUT2D eigenvalue weighted by Crippen LogP contribution is 2.20. The van der Waals surface area contributed by atoms with Gasteiger partial charge >= 0.3 is 0 Å². The maximum Gasteiger partial charge on any atom is 0.120 e. The molecule has 0 heterocycles. The Morgan fingerprint density at radius 1 is 0.864 bits per heavy atom. The van der Waals surface area contributed by atoms with Crippen molar-refractivity contribution in [2.45, 2.75) is 52.2 Å². The normalized spacial score (nSPS) is 11.9. The fourth-order valence-corrected chi connectivity index (χ4v) is 2.33. The van der Waals surface area contributed by atoms with Crippen LogP contribution in [0, 0.1) is 0 Å². The van der Waals surface area contributed by atoms with Gasteiger partial charge in [0.25, 0.3) is 0 Å². The topological polar surface area (TPSA) is 18.5 Å². The number of hydrogen-bond acceptors (Lipinski definition) is 2. The molecule has 2 heteroatoms. The smallest absolute Gasteiger partial charge is 0.120 e. The van der Waals surface area contributed by atoms with Gasteiger partial charge in [0.1, 0.15) is 18.1 Å². The predicted octanol–water partition coefficient (Wildman–Crippen LogP) is 5.61. The number of rotatable bonds is 9. The molecular formula is C20H26O2. The highest BCUT2D eigenvalue weighted by atomic mass is 16.5. The number of hydrogen-bond donors (Lipinski definition) is 0. The van der Waals surface area contributed by atoms with E-state index in [2.05, 4.69) is 26.0 Å². The second-order valence-electron chi connectivity index (χ2n) is 5.67. The van der Waals surface area contributed by atoms with Crippen LogP contribution in [-0.4, -0.2) is 6.10 Å². The Balaban J connectivity index is 1.77. The van der Waals surface area contributed by atoms with Crippen molar-refractivity contribution < 1.29 is 9.47 Å². The van der Waals surface area contributed by atoms with Crippen LogP contribution in [0.4, 0.5) is 0 Å². The highest BCUT2D eigenvalue weighted by Gasteiger charge is 2.04. The van der Waals surface area contributed by atoms with E-state index in [-0.39, 0.29) is 6.10 Å². The van der Waals surface area contributed by atoms with Gasteiger partial charge in [-0.2, -0.15) is 0 Å². The summed E-state index contributed by atoms with van der Waals surface area (Å²) in [4.78, 5) is 0. The van der Waals surface area contributed by atoms with Crippen LogP contribution in [0.3, 0.4) is 0 Å². The zero-order valence-corrected chi connectivity index (χ0v) is 13.6. The number of ether oxygens (including phenoxy) is 2. The molecule has 118 valence electrons. The first-order valence-corrected chi connectivity index (χ1v) is 8.21. The third kappa shape index (κ3) is 5.80. The Bertz CT molecular complexity index is 519. The molecule has 22 heavy (non-hydrogen) atoms. The van der Waals surface area contributed by atoms with E-state index in [1.165, 1.54) is 24.8 Å². The molecule has 2 rings (SSSR count). The molecule has 0 bridgehead atoms. The van der Waals surface area contributed by atoms with Crippen LogP contribution in [0.15, 0.2) is 54.6 Å². The summed E-state index contributed by atoms with van der Waals surface area (Å²) < 4.78 is 11.7. The second kappa shape index (κ2) is 9.14. The summed E-state index contributed by atoms with van der Waals surface area (Å²) in [5, 5.41) is 0. The molecule has 0 N–H and O–H groups in total. The third-order valence-electron chi connectivity index (χ3n) is 3.62. The first-order valence-electron chi connectivity index (χ1n) is 8.21. The molecule has 0 saturated heterocycles. The van der Waals surface area contributed by atoms with E-state index in [4.69, 9.17) is 9.47 Å². The van der Waals surface area contributed by atoms with Gasteiger partial charge in [-0.15, -0.1) is 0 Å². The van der Waals surface area contributed by atoms with Crippen LogP contribution in [0.2, 0.25) is 0 Å². The lowest BCUT2D eigenvalue weighted by atomic mass is 10.1. The molecule has 0 aliphatic heterocycles. The van der Waals surface area contributed by atoms with Gasteiger partial charge in [0.15, 0.2) is 0 Å². The van der Waals surface area contributed by atoms with Gasteiger partial charge in [-0.1, -0.05) is 50.1 Å². The zero-order valence-electron chi connectivity index (χ0n) is 13.6. The first kappa shape index (κ1) is 16.4. The van der Waals surface area contributed by atoms with E-state index in [0.29, 0.717) is 6.61 Å². The Morgan fingerprint density at radius 3 is 2.23 bits per heavy atom. The molecule has 0 fully saturated rings. The van der Waals surface area contributed by atoms with Gasteiger partial charge in [0.05, 0.1) is 6.10 Å². The average Bonchev–Trinajstić information content (AvgIpc) is 2.55. The molecule has 2 nitrogen and oxygen atoms in total. The maximum atomic E-state index is 5.92. The molecule has 2 aromatic carbocycles. The summed E-state index contributed by atoms with van der Waals surface area (Å²) in [5.41, 5.74) is 1.17. The van der Waals surface area contributed by atoms with Crippen LogP contribution in [0.5, 0.6) is 11.5 Å². The van der Waals surface area contributed by atoms with Crippen LogP contribution < -0.4 is 9.47 Å². The summed E-state index contributed by atoms with van der Waals surface area (Å²) >= 11 is 0. The quantitative estimate of drug-likeness (QED) is 0.560. The van der Waals surface area contributed by atoms with Crippen molar-refractivity contribution in [2.24, 2.45) is 0 Å². The highest BCUT2D eigenvalue weighted by molar-refractivity contribution is 5.31. The molecule has 0 aliphatic rings. The summed E-state index contributed by atoms with van der Waals surface area (Å²) in [5.74, 6) is 1.78. The van der Waals surface area contributed by atoms with Gasteiger partial charge in [0.2, 0.25) is 0 Å². The van der Waals surface area contributed by atoms with Gasteiger partial charge in [-0.3, -0.25) is 0 Å². The largest absolute Gasteiger partial charge is 0.491 e. The van der Waals surface area contributed by atoms with E-state index in [1.54, 1.807) is 0 Å². The lowest BCUT2D eigenvalue weighted by molar-refractivity contribution is 0.206. The van der Waals surface area contributed by atoms with Crippen molar-refractivity contribution in [3.63, 3.8) is 0 Å². The third-order valence-corrected chi connectivity index (χ3v) is 3.62. The van der Waals surface area contributed by atoms with Crippen molar-refractivity contribution in [1.82, 2.24) is 0 Å². The van der Waals surface area contributed by atoms with Crippen LogP contribution in [0.25, 0.3) is 0 Å². The minimum atomic E-state index is 0.266. The van der Waals surface area contributed by atoms with E-state index in [0.717, 1.165) is 17.9 Å². The summed E-state index contributed by atoms with van der Waals surface area (Å²) in [6.45, 7) is 4.95. The van der Waals surface area contributed by atoms with Gasteiger partial charge in [-0.25, -0.2) is 0 Å².